The van der Waals surface area contributed by atoms with Crippen LogP contribution in [0.3, 0.4) is 0 Å². The van der Waals surface area contributed by atoms with Gasteiger partial charge < -0.3 is 30.0 Å². The van der Waals surface area contributed by atoms with Crippen molar-refractivity contribution in [2.24, 2.45) is 10.7 Å². The number of aliphatic imine (C=N–C) groups is 1. The quantitative estimate of drug-likeness (QED) is 0.383. The summed E-state index contributed by atoms with van der Waals surface area (Å²) in [5, 5.41) is 3.09. The molecule has 0 unspecified atom stereocenters. The lowest BCUT2D eigenvalue weighted by Gasteiger charge is -2.10. The Labute approximate surface area is 169 Å². The summed E-state index contributed by atoms with van der Waals surface area (Å²) in [4.78, 5) is 4.34. The van der Waals surface area contributed by atoms with Crippen LogP contribution in [0.4, 0.5) is 0 Å². The predicted molar refractivity (Wildman–Crippen MR) is 110 cm³/mol. The number of halogens is 1. The van der Waals surface area contributed by atoms with Crippen molar-refractivity contribution in [1.82, 2.24) is 5.32 Å². The van der Waals surface area contributed by atoms with Crippen molar-refractivity contribution in [1.29, 1.82) is 0 Å². The Morgan fingerprint density at radius 1 is 1.04 bits per heavy atom. The maximum absolute atomic E-state index is 5.94. The predicted octanol–water partition coefficient (Wildman–Crippen LogP) is 2.66. The highest BCUT2D eigenvalue weighted by atomic mass is 127. The minimum atomic E-state index is 0. The van der Waals surface area contributed by atoms with Crippen LogP contribution >= 0.6 is 24.0 Å². The summed E-state index contributed by atoms with van der Waals surface area (Å²) in [7, 11) is 3.22. The Bertz CT molecular complexity index is 783. The van der Waals surface area contributed by atoms with E-state index in [-0.39, 0.29) is 30.8 Å². The average molecular weight is 471 g/mol. The molecule has 0 saturated carbocycles. The fourth-order valence-electron chi connectivity index (χ4n) is 2.45. The third-order valence-electron chi connectivity index (χ3n) is 3.79. The molecule has 1 aliphatic heterocycles. The number of fused-ring (bicyclic) bond motifs is 1. The van der Waals surface area contributed by atoms with Crippen LogP contribution in [0.2, 0.25) is 0 Å². The van der Waals surface area contributed by atoms with Crippen LogP contribution in [0.1, 0.15) is 11.1 Å². The molecule has 140 valence electrons. The number of hydrogen-bond donors (Lipinski definition) is 2. The first-order chi connectivity index (χ1) is 12.2. The van der Waals surface area contributed by atoms with Gasteiger partial charge in [-0.2, -0.15) is 0 Å². The van der Waals surface area contributed by atoms with Gasteiger partial charge in [-0.1, -0.05) is 12.1 Å². The topological polar surface area (TPSA) is 87.3 Å². The molecular weight excluding hydrogens is 449 g/mol. The normalized spacial score (nSPS) is 12.3. The van der Waals surface area contributed by atoms with Gasteiger partial charge in [0.2, 0.25) is 6.79 Å². The zero-order valence-corrected chi connectivity index (χ0v) is 17.0. The van der Waals surface area contributed by atoms with Crippen molar-refractivity contribution in [2.45, 2.75) is 13.1 Å². The van der Waals surface area contributed by atoms with Crippen LogP contribution < -0.4 is 30.0 Å². The van der Waals surface area contributed by atoms with Crippen LogP contribution in [0.5, 0.6) is 23.0 Å². The maximum Gasteiger partial charge on any atom is 0.231 e. The second kappa shape index (κ2) is 9.37. The minimum Gasteiger partial charge on any atom is -0.493 e. The van der Waals surface area contributed by atoms with Gasteiger partial charge >= 0.3 is 0 Å². The van der Waals surface area contributed by atoms with Gasteiger partial charge in [-0.3, -0.25) is 0 Å². The molecular formula is C18H22IN3O4. The number of hydrogen-bond acceptors (Lipinski definition) is 5. The van der Waals surface area contributed by atoms with Gasteiger partial charge in [0.25, 0.3) is 0 Å². The summed E-state index contributed by atoms with van der Waals surface area (Å²) in [5.74, 6) is 3.23. The highest BCUT2D eigenvalue weighted by molar-refractivity contribution is 14.0. The van der Waals surface area contributed by atoms with Gasteiger partial charge in [0.1, 0.15) is 0 Å². The van der Waals surface area contributed by atoms with E-state index in [4.69, 9.17) is 24.7 Å². The second-order valence-electron chi connectivity index (χ2n) is 5.43. The van der Waals surface area contributed by atoms with Gasteiger partial charge in [0.15, 0.2) is 29.0 Å². The van der Waals surface area contributed by atoms with E-state index in [1.807, 2.05) is 36.4 Å². The van der Waals surface area contributed by atoms with Crippen LogP contribution in [-0.2, 0) is 13.1 Å². The Morgan fingerprint density at radius 3 is 2.54 bits per heavy atom. The lowest BCUT2D eigenvalue weighted by Crippen LogP contribution is -2.31. The molecule has 0 saturated heterocycles. The molecule has 3 rings (SSSR count). The fourth-order valence-corrected chi connectivity index (χ4v) is 2.45. The first-order valence-corrected chi connectivity index (χ1v) is 7.83. The molecule has 1 heterocycles. The van der Waals surface area contributed by atoms with E-state index in [2.05, 4.69) is 10.3 Å². The fraction of sp³-hybridized carbons (Fsp3) is 0.278. The van der Waals surface area contributed by atoms with Crippen LogP contribution in [0, 0.1) is 0 Å². The summed E-state index contributed by atoms with van der Waals surface area (Å²) in [5.41, 5.74) is 7.95. The lowest BCUT2D eigenvalue weighted by molar-refractivity contribution is 0.174. The number of benzene rings is 2. The van der Waals surface area contributed by atoms with E-state index in [0.717, 1.165) is 22.6 Å². The van der Waals surface area contributed by atoms with E-state index in [0.29, 0.717) is 30.5 Å². The molecule has 3 N–H and O–H groups in total. The first-order valence-electron chi connectivity index (χ1n) is 7.83. The molecule has 0 bridgehead atoms. The molecule has 0 fully saturated rings. The smallest absolute Gasteiger partial charge is 0.231 e. The molecule has 0 radical (unpaired) electrons. The first kappa shape index (κ1) is 20.0. The van der Waals surface area contributed by atoms with Crippen molar-refractivity contribution in [3.8, 4) is 23.0 Å². The number of ether oxygens (including phenoxy) is 4. The van der Waals surface area contributed by atoms with Gasteiger partial charge in [-0.05, 0) is 35.4 Å². The third kappa shape index (κ3) is 4.84. The summed E-state index contributed by atoms with van der Waals surface area (Å²) in [6, 6.07) is 11.4. The third-order valence-corrected chi connectivity index (χ3v) is 3.79. The van der Waals surface area contributed by atoms with E-state index in [1.54, 1.807) is 14.2 Å². The second-order valence-corrected chi connectivity index (χ2v) is 5.43. The molecule has 0 aromatic heterocycles. The molecule has 0 spiro atoms. The monoisotopic (exact) mass is 471 g/mol. The number of nitrogens with two attached hydrogens (primary N) is 1. The van der Waals surface area contributed by atoms with Gasteiger partial charge in [0, 0.05) is 6.54 Å². The molecule has 2 aromatic carbocycles. The van der Waals surface area contributed by atoms with Crippen molar-refractivity contribution >= 4 is 29.9 Å². The lowest BCUT2D eigenvalue weighted by atomic mass is 10.2. The maximum atomic E-state index is 5.94. The van der Waals surface area contributed by atoms with Crippen molar-refractivity contribution in [3.63, 3.8) is 0 Å². The Morgan fingerprint density at radius 2 is 1.77 bits per heavy atom. The Hall–Kier alpha value is -2.36. The molecule has 2 aromatic rings. The van der Waals surface area contributed by atoms with Gasteiger partial charge in [-0.15, -0.1) is 24.0 Å². The summed E-state index contributed by atoms with van der Waals surface area (Å²) >= 11 is 0. The van der Waals surface area contributed by atoms with Crippen LogP contribution in [0.25, 0.3) is 0 Å². The largest absolute Gasteiger partial charge is 0.493 e. The highest BCUT2D eigenvalue weighted by Gasteiger charge is 2.12. The zero-order chi connectivity index (χ0) is 17.6. The highest BCUT2D eigenvalue weighted by Crippen LogP contribution is 2.32. The molecule has 7 nitrogen and oxygen atoms in total. The van der Waals surface area contributed by atoms with E-state index < -0.39 is 0 Å². The Kier molecular flexibility index (Phi) is 7.19. The van der Waals surface area contributed by atoms with E-state index >= 15 is 0 Å². The number of nitrogens with zero attached hydrogens (tertiary/aromatic N) is 1. The number of methoxy groups -OCH3 is 2. The van der Waals surface area contributed by atoms with Crippen molar-refractivity contribution in [2.75, 3.05) is 21.0 Å². The zero-order valence-electron chi connectivity index (χ0n) is 14.7. The number of rotatable bonds is 6. The summed E-state index contributed by atoms with van der Waals surface area (Å²) in [6.07, 6.45) is 0. The van der Waals surface area contributed by atoms with Gasteiger partial charge in [-0.25, -0.2) is 4.99 Å². The summed E-state index contributed by atoms with van der Waals surface area (Å²) < 4.78 is 21.2. The van der Waals surface area contributed by atoms with Crippen molar-refractivity contribution in [3.05, 3.63) is 47.5 Å². The molecule has 1 aliphatic rings. The molecule has 0 atom stereocenters. The molecule has 0 aliphatic carbocycles. The number of guanidine groups is 1. The van der Waals surface area contributed by atoms with E-state index in [1.165, 1.54) is 0 Å². The number of nitrogens with one attached hydrogen (secondary N) is 1. The average Bonchev–Trinajstić information content (AvgIpc) is 3.12. The van der Waals surface area contributed by atoms with Crippen LogP contribution in [-0.4, -0.2) is 27.0 Å². The molecule has 8 heteroatoms. The van der Waals surface area contributed by atoms with Crippen LogP contribution in [0.15, 0.2) is 41.4 Å². The summed E-state index contributed by atoms with van der Waals surface area (Å²) in [6.45, 7) is 1.26. The van der Waals surface area contributed by atoms with E-state index in [9.17, 15) is 0 Å². The molecule has 0 amide bonds. The van der Waals surface area contributed by atoms with Crippen molar-refractivity contribution < 1.29 is 18.9 Å². The van der Waals surface area contributed by atoms with Gasteiger partial charge in [0.05, 0.1) is 20.8 Å². The molecule has 26 heavy (non-hydrogen) atoms. The minimum absolute atomic E-state index is 0. The standard InChI is InChI=1S/C18H21N3O4.HI/c1-22-14-5-3-12(7-16(14)23-2)9-20-18(19)21-10-13-4-6-15-17(8-13)25-11-24-15;/h3-8H,9-11H2,1-2H3,(H3,19,20,21);1H. The SMILES string of the molecule is COc1ccc(CNC(N)=NCc2ccc3c(c2)OCO3)cc1OC.I. The Balaban J connectivity index is 0.00000243.